The molecule has 1 fully saturated rings. The second kappa shape index (κ2) is 11.5. The van der Waals surface area contributed by atoms with Crippen LogP contribution in [-0.4, -0.2) is 67.2 Å². The molecule has 0 unspecified atom stereocenters. The minimum Gasteiger partial charge on any atom is -0.444 e. The molecular formula is C25H36ClN7O4. The van der Waals surface area contributed by atoms with E-state index in [9.17, 15) is 14.4 Å². The highest BCUT2D eigenvalue weighted by Gasteiger charge is 2.39. The van der Waals surface area contributed by atoms with Gasteiger partial charge in [0.15, 0.2) is 0 Å². The van der Waals surface area contributed by atoms with Crippen LogP contribution >= 0.6 is 11.6 Å². The third-order valence-corrected chi connectivity index (χ3v) is 5.74. The Labute approximate surface area is 222 Å². The lowest BCUT2D eigenvalue weighted by Crippen LogP contribution is -2.53. The molecule has 1 aliphatic rings. The van der Waals surface area contributed by atoms with Crippen LogP contribution in [-0.2, 0) is 20.9 Å². The summed E-state index contributed by atoms with van der Waals surface area (Å²) in [5.41, 5.74) is 0.453. The number of amides is 3. The molecule has 202 valence electrons. The average molecular weight is 534 g/mol. The van der Waals surface area contributed by atoms with Crippen LogP contribution in [0.15, 0.2) is 24.5 Å². The molecule has 0 saturated heterocycles. The van der Waals surface area contributed by atoms with E-state index in [1.165, 1.54) is 11.0 Å². The standard InChI is InChI=1S/C25H36ClN7O4/c1-24(2,3)12-19(29-23(36)37-25(4,5)6)22(35)32(18-8-9-18)14-21(34)27-13-16-11-17(26)7-10-20(16)33-15-28-30-31-33/h7,10-11,15,18-19H,8-9,12-14H2,1-6H3,(H,27,34)(H,29,36)/t19-/m1/s1. The number of carbonyl (C=O) groups excluding carboxylic acids is 3. The monoisotopic (exact) mass is 533 g/mol. The predicted octanol–water partition coefficient (Wildman–Crippen LogP) is 3.25. The van der Waals surface area contributed by atoms with Crippen molar-refractivity contribution in [2.45, 2.75) is 85.0 Å². The van der Waals surface area contributed by atoms with Crippen molar-refractivity contribution in [1.29, 1.82) is 0 Å². The van der Waals surface area contributed by atoms with Crippen molar-refractivity contribution in [2.24, 2.45) is 5.41 Å². The summed E-state index contributed by atoms with van der Waals surface area (Å²) >= 11 is 6.17. The van der Waals surface area contributed by atoms with Gasteiger partial charge in [0, 0.05) is 17.6 Å². The summed E-state index contributed by atoms with van der Waals surface area (Å²) in [4.78, 5) is 40.6. The number of aromatic nitrogens is 4. The van der Waals surface area contributed by atoms with Crippen molar-refractivity contribution in [3.8, 4) is 5.69 Å². The van der Waals surface area contributed by atoms with Gasteiger partial charge in [-0.15, -0.1) is 5.10 Å². The molecule has 0 spiro atoms. The lowest BCUT2D eigenvalue weighted by molar-refractivity contribution is -0.139. The first-order chi connectivity index (χ1) is 17.2. The number of ether oxygens (including phenoxy) is 1. The first-order valence-corrected chi connectivity index (χ1v) is 12.7. The van der Waals surface area contributed by atoms with Gasteiger partial charge >= 0.3 is 6.09 Å². The van der Waals surface area contributed by atoms with Gasteiger partial charge in [-0.25, -0.2) is 9.48 Å². The minimum absolute atomic E-state index is 0.0379. The molecule has 1 heterocycles. The van der Waals surface area contributed by atoms with E-state index in [2.05, 4.69) is 26.2 Å². The summed E-state index contributed by atoms with van der Waals surface area (Å²) in [7, 11) is 0. The molecule has 1 aliphatic carbocycles. The number of halogens is 1. The molecule has 1 saturated carbocycles. The first-order valence-electron chi connectivity index (χ1n) is 12.3. The SMILES string of the molecule is CC(C)(C)C[C@@H](NC(=O)OC(C)(C)C)C(=O)N(CC(=O)NCc1cc(Cl)ccc1-n1cnnn1)C1CC1. The van der Waals surface area contributed by atoms with E-state index in [1.807, 2.05) is 20.8 Å². The smallest absolute Gasteiger partial charge is 0.408 e. The molecule has 2 N–H and O–H groups in total. The van der Waals surface area contributed by atoms with Crippen LogP contribution in [0.3, 0.4) is 0 Å². The maximum atomic E-state index is 13.6. The van der Waals surface area contributed by atoms with Gasteiger partial charge in [-0.2, -0.15) is 0 Å². The van der Waals surface area contributed by atoms with Crippen LogP contribution in [0.1, 0.15) is 66.4 Å². The third-order valence-electron chi connectivity index (χ3n) is 5.50. The van der Waals surface area contributed by atoms with Crippen molar-refractivity contribution in [3.05, 3.63) is 35.1 Å². The number of alkyl carbamates (subject to hydrolysis) is 1. The summed E-state index contributed by atoms with van der Waals surface area (Å²) in [5.74, 6) is -0.620. The highest BCUT2D eigenvalue weighted by Crippen LogP contribution is 2.29. The highest BCUT2D eigenvalue weighted by atomic mass is 35.5. The van der Waals surface area contributed by atoms with E-state index < -0.39 is 17.7 Å². The van der Waals surface area contributed by atoms with Crippen LogP contribution in [0.5, 0.6) is 0 Å². The van der Waals surface area contributed by atoms with E-state index in [0.717, 1.165) is 18.4 Å². The number of hydrogen-bond acceptors (Lipinski definition) is 7. The van der Waals surface area contributed by atoms with Crippen molar-refractivity contribution < 1.29 is 19.1 Å². The second-order valence-corrected chi connectivity index (χ2v) is 11.9. The number of hydrogen-bond donors (Lipinski definition) is 2. The summed E-state index contributed by atoms with van der Waals surface area (Å²) in [6.07, 6.45) is 2.81. The van der Waals surface area contributed by atoms with E-state index in [1.54, 1.807) is 43.9 Å². The van der Waals surface area contributed by atoms with Crippen LogP contribution in [0.25, 0.3) is 5.69 Å². The number of benzene rings is 1. The quantitative estimate of drug-likeness (QED) is 0.505. The van der Waals surface area contributed by atoms with Crippen LogP contribution < -0.4 is 10.6 Å². The Morgan fingerprint density at radius 2 is 1.89 bits per heavy atom. The molecule has 12 heteroatoms. The molecule has 3 rings (SSSR count). The maximum absolute atomic E-state index is 13.6. The van der Waals surface area contributed by atoms with Gasteiger partial charge in [0.1, 0.15) is 18.0 Å². The fraction of sp³-hybridized carbons (Fsp3) is 0.600. The molecule has 1 aromatic carbocycles. The van der Waals surface area contributed by atoms with Gasteiger partial charge < -0.3 is 20.3 Å². The molecule has 0 bridgehead atoms. The molecule has 3 amide bonds. The van der Waals surface area contributed by atoms with Crippen LogP contribution in [0.4, 0.5) is 4.79 Å². The summed E-state index contributed by atoms with van der Waals surface area (Å²) in [6, 6.07) is 4.35. The Balaban J connectivity index is 1.70. The van der Waals surface area contributed by atoms with Crippen LogP contribution in [0, 0.1) is 5.41 Å². The fourth-order valence-corrected chi connectivity index (χ4v) is 4.03. The molecule has 37 heavy (non-hydrogen) atoms. The largest absolute Gasteiger partial charge is 0.444 e. The predicted molar refractivity (Wildman–Crippen MR) is 138 cm³/mol. The Hall–Kier alpha value is -3.21. The second-order valence-electron chi connectivity index (χ2n) is 11.5. The normalized spacial score (nSPS) is 14.6. The Morgan fingerprint density at radius 1 is 1.19 bits per heavy atom. The highest BCUT2D eigenvalue weighted by molar-refractivity contribution is 6.30. The zero-order chi connectivity index (χ0) is 27.4. The van der Waals surface area contributed by atoms with Crippen molar-refractivity contribution in [1.82, 2.24) is 35.7 Å². The molecular weight excluding hydrogens is 498 g/mol. The van der Waals surface area contributed by atoms with E-state index in [0.29, 0.717) is 17.1 Å². The van der Waals surface area contributed by atoms with E-state index in [-0.39, 0.29) is 36.4 Å². The van der Waals surface area contributed by atoms with Gasteiger partial charge in [-0.05, 0) is 79.6 Å². The Bertz CT molecular complexity index is 1110. The van der Waals surface area contributed by atoms with Gasteiger partial charge in [0.25, 0.3) is 0 Å². The van der Waals surface area contributed by atoms with Crippen molar-refractivity contribution in [3.63, 3.8) is 0 Å². The first kappa shape index (κ1) is 28.4. The lowest BCUT2D eigenvalue weighted by Gasteiger charge is -2.32. The maximum Gasteiger partial charge on any atom is 0.408 e. The molecule has 1 atom stereocenters. The van der Waals surface area contributed by atoms with Gasteiger partial charge in [0.2, 0.25) is 11.8 Å². The van der Waals surface area contributed by atoms with Gasteiger partial charge in [-0.1, -0.05) is 32.4 Å². The van der Waals surface area contributed by atoms with E-state index in [4.69, 9.17) is 16.3 Å². The zero-order valence-electron chi connectivity index (χ0n) is 22.2. The lowest BCUT2D eigenvalue weighted by atomic mass is 9.87. The van der Waals surface area contributed by atoms with E-state index >= 15 is 0 Å². The van der Waals surface area contributed by atoms with Gasteiger partial charge in [-0.3, -0.25) is 9.59 Å². The average Bonchev–Trinajstić information content (AvgIpc) is 3.46. The Morgan fingerprint density at radius 3 is 2.46 bits per heavy atom. The summed E-state index contributed by atoms with van der Waals surface area (Å²) in [6.45, 7) is 11.3. The fourth-order valence-electron chi connectivity index (χ4n) is 3.83. The van der Waals surface area contributed by atoms with Crippen molar-refractivity contribution >= 4 is 29.5 Å². The number of carbonyl (C=O) groups is 3. The third kappa shape index (κ3) is 8.99. The Kier molecular flexibility index (Phi) is 8.78. The molecule has 11 nitrogen and oxygen atoms in total. The molecule has 2 aromatic rings. The molecule has 1 aromatic heterocycles. The summed E-state index contributed by atoms with van der Waals surface area (Å²) < 4.78 is 6.87. The molecule has 0 radical (unpaired) electrons. The summed E-state index contributed by atoms with van der Waals surface area (Å²) in [5, 5.41) is 17.3. The van der Waals surface area contributed by atoms with Crippen LogP contribution in [0.2, 0.25) is 5.02 Å². The molecule has 0 aliphatic heterocycles. The zero-order valence-corrected chi connectivity index (χ0v) is 23.0. The minimum atomic E-state index is -0.817. The topological polar surface area (TPSA) is 131 Å². The van der Waals surface area contributed by atoms with Crippen molar-refractivity contribution in [2.75, 3.05) is 6.54 Å². The number of rotatable bonds is 9. The number of nitrogens with one attached hydrogen (secondary N) is 2. The van der Waals surface area contributed by atoms with Gasteiger partial charge in [0.05, 0.1) is 12.2 Å². The number of nitrogens with zero attached hydrogens (tertiary/aromatic N) is 5. The number of tetrazole rings is 1.